The van der Waals surface area contributed by atoms with E-state index in [-0.39, 0.29) is 11.6 Å². The lowest BCUT2D eigenvalue weighted by molar-refractivity contribution is 0.0631. The predicted molar refractivity (Wildman–Crippen MR) is 90.2 cm³/mol. The summed E-state index contributed by atoms with van der Waals surface area (Å²) >= 11 is 1.44. The number of aromatic nitrogens is 5. The second kappa shape index (κ2) is 6.37. The number of rotatable bonds is 3. The van der Waals surface area contributed by atoms with E-state index in [0.717, 1.165) is 41.9 Å². The summed E-state index contributed by atoms with van der Waals surface area (Å²) in [5.74, 6) is 0. The highest BCUT2D eigenvalue weighted by Gasteiger charge is 2.21. The van der Waals surface area contributed by atoms with Crippen molar-refractivity contribution in [3.8, 4) is 0 Å². The maximum Gasteiger partial charge on any atom is 0.251 e. The van der Waals surface area contributed by atoms with Crippen LogP contribution in [0.2, 0.25) is 0 Å². The molecule has 1 aromatic carbocycles. The highest BCUT2D eigenvalue weighted by atomic mass is 32.2. The number of para-hydroxylation sites is 1. The Bertz CT molecular complexity index is 930. The van der Waals surface area contributed by atoms with Crippen LogP contribution in [-0.4, -0.2) is 38.0 Å². The Morgan fingerprint density at radius 1 is 1.25 bits per heavy atom. The summed E-state index contributed by atoms with van der Waals surface area (Å²) in [5, 5.41) is 13.9. The molecule has 0 radical (unpaired) electrons. The monoisotopic (exact) mass is 343 g/mol. The van der Waals surface area contributed by atoms with Crippen LogP contribution in [0.1, 0.15) is 18.9 Å². The van der Waals surface area contributed by atoms with E-state index < -0.39 is 0 Å². The van der Waals surface area contributed by atoms with Crippen LogP contribution in [0.15, 0.2) is 45.2 Å². The summed E-state index contributed by atoms with van der Waals surface area (Å²) in [4.78, 5) is 13.1. The molecule has 1 aliphatic rings. The van der Waals surface area contributed by atoms with Crippen molar-refractivity contribution >= 4 is 22.7 Å². The zero-order chi connectivity index (χ0) is 16.5. The second-order valence-electron chi connectivity index (χ2n) is 5.77. The Morgan fingerprint density at radius 3 is 2.88 bits per heavy atom. The van der Waals surface area contributed by atoms with E-state index in [2.05, 4.69) is 15.5 Å². The number of benzene rings is 1. The van der Waals surface area contributed by atoms with Crippen molar-refractivity contribution in [2.45, 2.75) is 28.9 Å². The van der Waals surface area contributed by atoms with E-state index in [0.29, 0.717) is 5.16 Å². The van der Waals surface area contributed by atoms with Crippen molar-refractivity contribution in [2.75, 3.05) is 13.2 Å². The molecule has 3 aromatic rings. The van der Waals surface area contributed by atoms with Crippen LogP contribution in [0.3, 0.4) is 0 Å². The third-order valence-electron chi connectivity index (χ3n) is 4.32. The number of hydrogen-bond acceptors (Lipinski definition) is 6. The Hall–Kier alpha value is -2.19. The zero-order valence-electron chi connectivity index (χ0n) is 13.3. The fourth-order valence-electron chi connectivity index (χ4n) is 2.97. The van der Waals surface area contributed by atoms with E-state index in [1.165, 1.54) is 11.8 Å². The van der Waals surface area contributed by atoms with Crippen molar-refractivity contribution in [1.82, 2.24) is 24.8 Å². The molecule has 0 aliphatic carbocycles. The maximum absolute atomic E-state index is 12.2. The summed E-state index contributed by atoms with van der Waals surface area (Å²) in [6.07, 6.45) is 1.80. The predicted octanol–water partition coefficient (Wildman–Crippen LogP) is 2.03. The van der Waals surface area contributed by atoms with E-state index >= 15 is 0 Å². The van der Waals surface area contributed by atoms with Crippen molar-refractivity contribution in [3.05, 3.63) is 40.7 Å². The quantitative estimate of drug-likeness (QED) is 0.724. The standard InChI is InChI=1S/C16H17N5O2S/c1-20-13-5-3-2-4-12(13)14(10-15(20)22)24-16-17-18-19-21(16)11-6-8-23-9-7-11/h2-5,10-11H,6-9H2,1H3. The Morgan fingerprint density at radius 2 is 2.04 bits per heavy atom. The third-order valence-corrected chi connectivity index (χ3v) is 5.33. The number of tetrazole rings is 1. The van der Waals surface area contributed by atoms with Gasteiger partial charge in [-0.3, -0.25) is 4.79 Å². The summed E-state index contributed by atoms with van der Waals surface area (Å²) in [6.45, 7) is 1.45. The number of aryl methyl sites for hydroxylation is 1. The minimum absolute atomic E-state index is 0.0405. The van der Waals surface area contributed by atoms with Gasteiger partial charge in [0.05, 0.1) is 11.6 Å². The molecular weight excluding hydrogens is 326 g/mol. The van der Waals surface area contributed by atoms with Crippen LogP contribution in [0.5, 0.6) is 0 Å². The molecule has 24 heavy (non-hydrogen) atoms. The molecule has 2 aromatic heterocycles. The molecule has 0 amide bonds. The molecule has 124 valence electrons. The second-order valence-corrected chi connectivity index (χ2v) is 6.78. The van der Waals surface area contributed by atoms with Gasteiger partial charge in [0.15, 0.2) is 0 Å². The first-order valence-corrected chi connectivity index (χ1v) is 8.68. The summed E-state index contributed by atoms with van der Waals surface area (Å²) < 4.78 is 8.92. The molecular formula is C16H17N5O2S. The third kappa shape index (κ3) is 2.71. The Kier molecular flexibility index (Phi) is 4.07. The van der Waals surface area contributed by atoms with Gasteiger partial charge < -0.3 is 9.30 Å². The summed E-state index contributed by atoms with van der Waals surface area (Å²) in [5.41, 5.74) is 0.860. The number of ether oxygens (including phenoxy) is 1. The molecule has 3 heterocycles. The average molecular weight is 343 g/mol. The molecule has 1 aliphatic heterocycles. The van der Waals surface area contributed by atoms with Gasteiger partial charge in [-0.15, -0.1) is 5.10 Å². The van der Waals surface area contributed by atoms with Gasteiger partial charge >= 0.3 is 0 Å². The lowest BCUT2D eigenvalue weighted by Gasteiger charge is -2.22. The van der Waals surface area contributed by atoms with Crippen LogP contribution in [0.4, 0.5) is 0 Å². The Balaban J connectivity index is 1.75. The van der Waals surface area contributed by atoms with Crippen LogP contribution >= 0.6 is 11.8 Å². The average Bonchev–Trinajstić information content (AvgIpc) is 3.08. The number of nitrogens with zero attached hydrogens (tertiary/aromatic N) is 5. The summed E-state index contributed by atoms with van der Waals surface area (Å²) in [7, 11) is 1.78. The van der Waals surface area contributed by atoms with Crippen LogP contribution in [0.25, 0.3) is 10.9 Å². The molecule has 0 saturated carbocycles. The normalized spacial score (nSPS) is 15.9. The molecule has 0 spiro atoms. The number of fused-ring (bicyclic) bond motifs is 1. The highest BCUT2D eigenvalue weighted by molar-refractivity contribution is 7.99. The number of pyridine rings is 1. The molecule has 1 fully saturated rings. The van der Waals surface area contributed by atoms with Gasteiger partial charge in [0.1, 0.15) is 0 Å². The largest absolute Gasteiger partial charge is 0.381 e. The molecule has 1 saturated heterocycles. The molecule has 4 rings (SSSR count). The SMILES string of the molecule is Cn1c(=O)cc(Sc2nnnn2C2CCOCC2)c2ccccc21. The first-order valence-electron chi connectivity index (χ1n) is 7.86. The fourth-order valence-corrected chi connectivity index (χ4v) is 3.97. The van der Waals surface area contributed by atoms with E-state index in [9.17, 15) is 4.79 Å². The van der Waals surface area contributed by atoms with E-state index in [4.69, 9.17) is 4.74 Å². The van der Waals surface area contributed by atoms with Gasteiger partial charge in [-0.25, -0.2) is 4.68 Å². The van der Waals surface area contributed by atoms with E-state index in [1.54, 1.807) is 17.7 Å². The smallest absolute Gasteiger partial charge is 0.251 e. The Labute approximate surface area is 142 Å². The minimum atomic E-state index is -0.0405. The van der Waals surface area contributed by atoms with Crippen LogP contribution < -0.4 is 5.56 Å². The van der Waals surface area contributed by atoms with Crippen molar-refractivity contribution in [1.29, 1.82) is 0 Å². The fraction of sp³-hybridized carbons (Fsp3) is 0.375. The lowest BCUT2D eigenvalue weighted by atomic mass is 10.1. The van der Waals surface area contributed by atoms with Crippen molar-refractivity contribution in [3.63, 3.8) is 0 Å². The summed E-state index contributed by atoms with van der Waals surface area (Å²) in [6, 6.07) is 9.76. The van der Waals surface area contributed by atoms with Crippen molar-refractivity contribution < 1.29 is 4.74 Å². The van der Waals surface area contributed by atoms with Gasteiger partial charge in [0, 0.05) is 36.6 Å². The molecule has 8 heteroatoms. The molecule has 0 bridgehead atoms. The topological polar surface area (TPSA) is 74.8 Å². The van der Waals surface area contributed by atoms with Crippen molar-refractivity contribution in [2.24, 2.45) is 7.05 Å². The molecule has 0 N–H and O–H groups in total. The van der Waals surface area contributed by atoms with E-state index in [1.807, 2.05) is 28.9 Å². The van der Waals surface area contributed by atoms with Gasteiger partial charge in [-0.2, -0.15) is 0 Å². The highest BCUT2D eigenvalue weighted by Crippen LogP contribution is 2.33. The van der Waals surface area contributed by atoms with Gasteiger partial charge in [-0.1, -0.05) is 18.2 Å². The first kappa shape index (κ1) is 15.3. The van der Waals surface area contributed by atoms with Crippen LogP contribution in [-0.2, 0) is 11.8 Å². The zero-order valence-corrected chi connectivity index (χ0v) is 14.1. The molecule has 7 nitrogen and oxygen atoms in total. The lowest BCUT2D eigenvalue weighted by Crippen LogP contribution is -2.21. The maximum atomic E-state index is 12.2. The number of hydrogen-bond donors (Lipinski definition) is 0. The van der Waals surface area contributed by atoms with Gasteiger partial charge in [0.25, 0.3) is 5.56 Å². The van der Waals surface area contributed by atoms with Crippen LogP contribution in [0, 0.1) is 0 Å². The molecule has 0 atom stereocenters. The van der Waals surface area contributed by atoms with Gasteiger partial charge in [-0.05, 0) is 41.1 Å². The first-order chi connectivity index (χ1) is 11.7. The van der Waals surface area contributed by atoms with Gasteiger partial charge in [0.2, 0.25) is 5.16 Å². The minimum Gasteiger partial charge on any atom is -0.381 e. The molecule has 0 unspecified atom stereocenters.